The first-order valence-corrected chi connectivity index (χ1v) is 9.75. The number of hydrogen-bond acceptors (Lipinski definition) is 4. The molecule has 2 N–H and O–H groups in total. The van der Waals surface area contributed by atoms with Gasteiger partial charge in [-0.3, -0.25) is 20.4 Å². The van der Waals surface area contributed by atoms with Crippen LogP contribution in [0.5, 0.6) is 11.5 Å². The Kier molecular flexibility index (Phi) is 7.44. The standard InChI is InChI=1S/C24H24N2O4/c1-2-21(30-19-13-7-4-8-14-19)24(28)26-25-23(27)20-15-9-10-16-22(20)29-17-18-11-5-3-6-12-18/h3-16,21H,2,17H2,1H3,(H,25,27)(H,26,28). The quantitative estimate of drug-likeness (QED) is 0.559. The molecule has 3 rings (SSSR count). The predicted octanol–water partition coefficient (Wildman–Crippen LogP) is 3.88. The van der Waals surface area contributed by atoms with Crippen molar-refractivity contribution in [3.63, 3.8) is 0 Å². The van der Waals surface area contributed by atoms with Crippen LogP contribution in [-0.4, -0.2) is 17.9 Å². The number of benzene rings is 3. The number of nitrogens with one attached hydrogen (secondary N) is 2. The van der Waals surface area contributed by atoms with Gasteiger partial charge in [0.15, 0.2) is 6.10 Å². The van der Waals surface area contributed by atoms with Crippen LogP contribution in [0.1, 0.15) is 29.3 Å². The summed E-state index contributed by atoms with van der Waals surface area (Å²) in [6, 6.07) is 25.6. The van der Waals surface area contributed by atoms with Crippen LogP contribution in [0.3, 0.4) is 0 Å². The number of hydrogen-bond donors (Lipinski definition) is 2. The van der Waals surface area contributed by atoms with Crippen molar-refractivity contribution in [2.45, 2.75) is 26.1 Å². The summed E-state index contributed by atoms with van der Waals surface area (Å²) in [6.45, 7) is 2.17. The molecule has 0 heterocycles. The van der Waals surface area contributed by atoms with Gasteiger partial charge in [0.1, 0.15) is 18.1 Å². The number of ether oxygens (including phenoxy) is 2. The molecule has 6 nitrogen and oxygen atoms in total. The zero-order chi connectivity index (χ0) is 21.2. The number of carbonyl (C=O) groups excluding carboxylic acids is 2. The molecule has 0 aliphatic rings. The molecular formula is C24H24N2O4. The SMILES string of the molecule is CCC(Oc1ccccc1)C(=O)NNC(=O)c1ccccc1OCc1ccccc1. The highest BCUT2D eigenvalue weighted by molar-refractivity contribution is 5.98. The number of para-hydroxylation sites is 2. The molecule has 1 atom stereocenters. The Labute approximate surface area is 175 Å². The Bertz CT molecular complexity index is 961. The van der Waals surface area contributed by atoms with Crippen molar-refractivity contribution in [1.29, 1.82) is 0 Å². The Morgan fingerprint density at radius 1 is 0.833 bits per heavy atom. The maximum Gasteiger partial charge on any atom is 0.279 e. The average Bonchev–Trinajstić information content (AvgIpc) is 2.81. The average molecular weight is 404 g/mol. The van der Waals surface area contributed by atoms with Crippen LogP contribution in [0.2, 0.25) is 0 Å². The van der Waals surface area contributed by atoms with Crippen molar-refractivity contribution in [3.8, 4) is 11.5 Å². The zero-order valence-electron chi connectivity index (χ0n) is 16.7. The van der Waals surface area contributed by atoms with Crippen LogP contribution in [0.4, 0.5) is 0 Å². The van der Waals surface area contributed by atoms with Gasteiger partial charge in [0.25, 0.3) is 11.8 Å². The van der Waals surface area contributed by atoms with Crippen LogP contribution in [0.15, 0.2) is 84.9 Å². The summed E-state index contributed by atoms with van der Waals surface area (Å²) >= 11 is 0. The van der Waals surface area contributed by atoms with Crippen LogP contribution < -0.4 is 20.3 Å². The third-order valence-corrected chi connectivity index (χ3v) is 4.35. The molecule has 0 aliphatic heterocycles. The molecule has 0 spiro atoms. The van der Waals surface area contributed by atoms with Gasteiger partial charge in [-0.15, -0.1) is 0 Å². The molecule has 0 fully saturated rings. The molecular weight excluding hydrogens is 380 g/mol. The highest BCUT2D eigenvalue weighted by atomic mass is 16.5. The van der Waals surface area contributed by atoms with E-state index < -0.39 is 17.9 Å². The minimum Gasteiger partial charge on any atom is -0.488 e. The second-order valence-electron chi connectivity index (χ2n) is 6.54. The van der Waals surface area contributed by atoms with E-state index >= 15 is 0 Å². The number of carbonyl (C=O) groups is 2. The first kappa shape index (κ1) is 20.9. The van der Waals surface area contributed by atoms with E-state index in [-0.39, 0.29) is 0 Å². The molecule has 0 radical (unpaired) electrons. The van der Waals surface area contributed by atoms with E-state index in [9.17, 15) is 9.59 Å². The van der Waals surface area contributed by atoms with E-state index in [0.717, 1.165) is 5.56 Å². The molecule has 154 valence electrons. The van der Waals surface area contributed by atoms with Crippen LogP contribution in [0, 0.1) is 0 Å². The molecule has 0 aliphatic carbocycles. The van der Waals surface area contributed by atoms with Gasteiger partial charge in [0.2, 0.25) is 0 Å². The Balaban J connectivity index is 1.58. The summed E-state index contributed by atoms with van der Waals surface area (Å²) in [7, 11) is 0. The highest BCUT2D eigenvalue weighted by Crippen LogP contribution is 2.19. The van der Waals surface area contributed by atoms with Gasteiger partial charge in [-0.25, -0.2) is 0 Å². The fourth-order valence-corrected chi connectivity index (χ4v) is 2.77. The summed E-state index contributed by atoms with van der Waals surface area (Å²) in [5, 5.41) is 0. The third kappa shape index (κ3) is 5.85. The number of rotatable bonds is 8. The first-order valence-electron chi connectivity index (χ1n) is 9.75. The van der Waals surface area contributed by atoms with Crippen LogP contribution in [-0.2, 0) is 11.4 Å². The molecule has 0 saturated carbocycles. The lowest BCUT2D eigenvalue weighted by Crippen LogP contribution is -2.48. The molecule has 6 heteroatoms. The number of amides is 2. The molecule has 2 amide bonds. The molecule has 30 heavy (non-hydrogen) atoms. The van der Waals surface area contributed by atoms with Crippen LogP contribution in [0.25, 0.3) is 0 Å². The van der Waals surface area contributed by atoms with Crippen molar-refractivity contribution in [1.82, 2.24) is 10.9 Å². The lowest BCUT2D eigenvalue weighted by molar-refractivity contribution is -0.128. The summed E-state index contributed by atoms with van der Waals surface area (Å²) in [6.07, 6.45) is -0.273. The van der Waals surface area contributed by atoms with Gasteiger partial charge in [-0.1, -0.05) is 67.6 Å². The topological polar surface area (TPSA) is 76.7 Å². The zero-order valence-corrected chi connectivity index (χ0v) is 16.7. The second kappa shape index (κ2) is 10.7. The van der Waals surface area contributed by atoms with E-state index in [1.54, 1.807) is 36.4 Å². The summed E-state index contributed by atoms with van der Waals surface area (Å²) < 4.78 is 11.5. The van der Waals surface area contributed by atoms with Gasteiger partial charge in [0, 0.05) is 0 Å². The summed E-state index contributed by atoms with van der Waals surface area (Å²) in [4.78, 5) is 25.0. The van der Waals surface area contributed by atoms with E-state index in [4.69, 9.17) is 9.47 Å². The summed E-state index contributed by atoms with van der Waals surface area (Å²) in [5.41, 5.74) is 6.19. The molecule has 3 aromatic carbocycles. The second-order valence-corrected chi connectivity index (χ2v) is 6.54. The van der Waals surface area contributed by atoms with E-state index in [1.807, 2.05) is 55.5 Å². The van der Waals surface area contributed by atoms with Gasteiger partial charge >= 0.3 is 0 Å². The molecule has 1 unspecified atom stereocenters. The Morgan fingerprint density at radius 3 is 2.17 bits per heavy atom. The van der Waals surface area contributed by atoms with Gasteiger partial charge in [-0.05, 0) is 36.2 Å². The Morgan fingerprint density at radius 2 is 1.47 bits per heavy atom. The number of hydrazine groups is 1. The van der Waals surface area contributed by atoms with E-state index in [1.165, 1.54) is 0 Å². The monoisotopic (exact) mass is 404 g/mol. The highest BCUT2D eigenvalue weighted by Gasteiger charge is 2.20. The fourth-order valence-electron chi connectivity index (χ4n) is 2.77. The van der Waals surface area contributed by atoms with E-state index in [2.05, 4.69) is 10.9 Å². The van der Waals surface area contributed by atoms with Crippen molar-refractivity contribution in [3.05, 3.63) is 96.1 Å². The maximum atomic E-state index is 12.6. The van der Waals surface area contributed by atoms with Crippen molar-refractivity contribution < 1.29 is 19.1 Å². The normalized spacial score (nSPS) is 11.2. The fraction of sp³-hybridized carbons (Fsp3) is 0.167. The first-order chi connectivity index (χ1) is 14.7. The van der Waals surface area contributed by atoms with Gasteiger partial charge < -0.3 is 9.47 Å². The lowest BCUT2D eigenvalue weighted by atomic mass is 10.2. The van der Waals surface area contributed by atoms with Crippen molar-refractivity contribution in [2.75, 3.05) is 0 Å². The Hall–Kier alpha value is -3.80. The lowest BCUT2D eigenvalue weighted by Gasteiger charge is -2.18. The maximum absolute atomic E-state index is 12.6. The van der Waals surface area contributed by atoms with Crippen molar-refractivity contribution in [2.24, 2.45) is 0 Å². The van der Waals surface area contributed by atoms with E-state index in [0.29, 0.717) is 30.1 Å². The molecule has 0 aromatic heterocycles. The predicted molar refractivity (Wildman–Crippen MR) is 114 cm³/mol. The molecule has 3 aromatic rings. The van der Waals surface area contributed by atoms with Gasteiger partial charge in [-0.2, -0.15) is 0 Å². The smallest absolute Gasteiger partial charge is 0.279 e. The minimum atomic E-state index is -0.725. The summed E-state index contributed by atoms with van der Waals surface area (Å²) in [5.74, 6) is 0.116. The van der Waals surface area contributed by atoms with Crippen molar-refractivity contribution >= 4 is 11.8 Å². The van der Waals surface area contributed by atoms with Gasteiger partial charge in [0.05, 0.1) is 5.56 Å². The molecule has 0 saturated heterocycles. The third-order valence-electron chi connectivity index (χ3n) is 4.35. The minimum absolute atomic E-state index is 0.325. The van der Waals surface area contributed by atoms with Crippen LogP contribution >= 0.6 is 0 Å². The largest absolute Gasteiger partial charge is 0.488 e. The molecule has 0 bridgehead atoms.